The SMILES string of the molecule is CC(C)(C)c1ccc2c(c1)c1ccc(Oc3ccc4c5ccccc5n5ccnc5c4c3)cc1c1nccn21. The van der Waals surface area contributed by atoms with Crippen molar-refractivity contribution >= 4 is 54.6 Å². The summed E-state index contributed by atoms with van der Waals surface area (Å²) in [4.78, 5) is 9.37. The summed E-state index contributed by atoms with van der Waals surface area (Å²) in [5, 5.41) is 6.88. The predicted octanol–water partition coefficient (Wildman–Crippen LogP) is 8.68. The topological polar surface area (TPSA) is 43.8 Å². The molecule has 39 heavy (non-hydrogen) atoms. The molecule has 0 radical (unpaired) electrons. The molecule has 0 N–H and O–H groups in total. The van der Waals surface area contributed by atoms with Gasteiger partial charge in [0.25, 0.3) is 0 Å². The van der Waals surface area contributed by atoms with Crippen molar-refractivity contribution in [1.29, 1.82) is 0 Å². The number of aromatic nitrogens is 4. The maximum absolute atomic E-state index is 6.47. The van der Waals surface area contributed by atoms with Crippen LogP contribution in [0.2, 0.25) is 0 Å². The molecule has 0 saturated heterocycles. The highest BCUT2D eigenvalue weighted by Crippen LogP contribution is 2.37. The average Bonchev–Trinajstić information content (AvgIpc) is 3.63. The molecule has 0 aliphatic rings. The molecule has 5 nitrogen and oxygen atoms in total. The van der Waals surface area contributed by atoms with Crippen LogP contribution in [0.4, 0.5) is 0 Å². The minimum atomic E-state index is 0.0646. The molecule has 0 aliphatic heterocycles. The fourth-order valence-electron chi connectivity index (χ4n) is 5.88. The van der Waals surface area contributed by atoms with E-state index in [1.54, 1.807) is 0 Å². The maximum atomic E-state index is 6.47. The second-order valence-corrected chi connectivity index (χ2v) is 11.3. The highest BCUT2D eigenvalue weighted by molar-refractivity contribution is 6.13. The Labute approximate surface area is 224 Å². The summed E-state index contributed by atoms with van der Waals surface area (Å²) in [6.45, 7) is 6.75. The molecule has 0 unspecified atom stereocenters. The Morgan fingerprint density at radius 3 is 1.79 bits per heavy atom. The first-order valence-corrected chi connectivity index (χ1v) is 13.2. The number of ether oxygens (including phenoxy) is 1. The molecule has 188 valence electrons. The molecule has 4 heterocycles. The van der Waals surface area contributed by atoms with Gasteiger partial charge in [-0.05, 0) is 76.3 Å². The van der Waals surface area contributed by atoms with E-state index in [1.807, 2.05) is 30.9 Å². The molecule has 4 aromatic carbocycles. The minimum Gasteiger partial charge on any atom is -0.457 e. The molecule has 8 rings (SSSR count). The quantitative estimate of drug-likeness (QED) is 0.220. The molecular formula is C34H26N4O. The van der Waals surface area contributed by atoms with Gasteiger partial charge >= 0.3 is 0 Å². The van der Waals surface area contributed by atoms with Gasteiger partial charge in [0.2, 0.25) is 0 Å². The second-order valence-electron chi connectivity index (χ2n) is 11.3. The third-order valence-corrected chi connectivity index (χ3v) is 7.85. The van der Waals surface area contributed by atoms with Crippen LogP contribution in [-0.4, -0.2) is 18.8 Å². The molecule has 5 heteroatoms. The molecular weight excluding hydrogens is 480 g/mol. The molecule has 0 atom stereocenters. The van der Waals surface area contributed by atoms with E-state index in [-0.39, 0.29) is 5.41 Å². The van der Waals surface area contributed by atoms with Crippen LogP contribution in [0.5, 0.6) is 11.5 Å². The van der Waals surface area contributed by atoms with Gasteiger partial charge in [0.1, 0.15) is 22.8 Å². The summed E-state index contributed by atoms with van der Waals surface area (Å²) in [7, 11) is 0. The fraction of sp³-hybridized carbons (Fsp3) is 0.118. The van der Waals surface area contributed by atoms with E-state index in [0.29, 0.717) is 0 Å². The van der Waals surface area contributed by atoms with Gasteiger partial charge in [-0.1, -0.05) is 45.0 Å². The van der Waals surface area contributed by atoms with Gasteiger partial charge in [-0.15, -0.1) is 0 Å². The monoisotopic (exact) mass is 506 g/mol. The number of hydrogen-bond acceptors (Lipinski definition) is 3. The summed E-state index contributed by atoms with van der Waals surface area (Å²) >= 11 is 0. The van der Waals surface area contributed by atoms with E-state index in [9.17, 15) is 0 Å². The van der Waals surface area contributed by atoms with Crippen LogP contribution in [0, 0.1) is 0 Å². The van der Waals surface area contributed by atoms with Gasteiger partial charge in [-0.25, -0.2) is 9.97 Å². The Bertz CT molecular complexity index is 2250. The molecule has 8 aromatic rings. The number of hydrogen-bond donors (Lipinski definition) is 0. The van der Waals surface area contributed by atoms with Gasteiger partial charge in [-0.3, -0.25) is 8.80 Å². The zero-order valence-electron chi connectivity index (χ0n) is 22.0. The van der Waals surface area contributed by atoms with Crippen molar-refractivity contribution in [2.75, 3.05) is 0 Å². The smallest absolute Gasteiger partial charge is 0.145 e. The largest absolute Gasteiger partial charge is 0.457 e. The number of para-hydroxylation sites is 1. The van der Waals surface area contributed by atoms with Crippen LogP contribution in [0.1, 0.15) is 26.3 Å². The Balaban J connectivity index is 1.30. The highest BCUT2D eigenvalue weighted by Gasteiger charge is 2.17. The molecule has 0 spiro atoms. The van der Waals surface area contributed by atoms with Crippen LogP contribution < -0.4 is 4.74 Å². The van der Waals surface area contributed by atoms with Crippen molar-refractivity contribution < 1.29 is 4.74 Å². The second kappa shape index (κ2) is 7.81. The molecule has 0 aliphatic carbocycles. The van der Waals surface area contributed by atoms with E-state index in [2.05, 4.69) is 107 Å². The molecule has 4 aromatic heterocycles. The lowest BCUT2D eigenvalue weighted by molar-refractivity contribution is 0.484. The van der Waals surface area contributed by atoms with E-state index in [1.165, 1.54) is 21.7 Å². The van der Waals surface area contributed by atoms with Crippen molar-refractivity contribution in [1.82, 2.24) is 18.8 Å². The number of benzene rings is 4. The third-order valence-electron chi connectivity index (χ3n) is 7.85. The highest BCUT2D eigenvalue weighted by atomic mass is 16.5. The number of fused-ring (bicyclic) bond motifs is 12. The first-order valence-electron chi connectivity index (χ1n) is 13.2. The number of rotatable bonds is 2. The lowest BCUT2D eigenvalue weighted by Crippen LogP contribution is -2.10. The molecule has 0 fully saturated rings. The average molecular weight is 507 g/mol. The van der Waals surface area contributed by atoms with Crippen molar-refractivity contribution in [3.8, 4) is 11.5 Å². The Morgan fingerprint density at radius 1 is 0.564 bits per heavy atom. The number of nitrogens with zero attached hydrogens (tertiary/aromatic N) is 4. The summed E-state index contributed by atoms with van der Waals surface area (Å²) in [6.07, 6.45) is 7.76. The van der Waals surface area contributed by atoms with Crippen LogP contribution in [0.25, 0.3) is 54.6 Å². The van der Waals surface area contributed by atoms with Gasteiger partial charge in [-0.2, -0.15) is 0 Å². The summed E-state index contributed by atoms with van der Waals surface area (Å²) in [5.41, 5.74) is 5.52. The Morgan fingerprint density at radius 2 is 1.15 bits per heavy atom. The summed E-state index contributed by atoms with van der Waals surface area (Å²) in [5.74, 6) is 1.55. The predicted molar refractivity (Wildman–Crippen MR) is 159 cm³/mol. The van der Waals surface area contributed by atoms with Crippen LogP contribution >= 0.6 is 0 Å². The minimum absolute atomic E-state index is 0.0646. The zero-order valence-corrected chi connectivity index (χ0v) is 22.0. The maximum Gasteiger partial charge on any atom is 0.145 e. The van der Waals surface area contributed by atoms with Gasteiger partial charge in [0.05, 0.1) is 11.0 Å². The van der Waals surface area contributed by atoms with Gasteiger partial charge in [0.15, 0.2) is 0 Å². The number of imidazole rings is 2. The Hall–Kier alpha value is -4.90. The summed E-state index contributed by atoms with van der Waals surface area (Å²) in [6, 6.07) is 27.8. The lowest BCUT2D eigenvalue weighted by Gasteiger charge is -2.20. The third kappa shape index (κ3) is 3.26. The zero-order chi connectivity index (χ0) is 26.3. The van der Waals surface area contributed by atoms with Crippen molar-refractivity contribution in [3.05, 3.63) is 109 Å². The molecule has 0 saturated carbocycles. The normalized spacial score (nSPS) is 12.5. The summed E-state index contributed by atoms with van der Waals surface area (Å²) < 4.78 is 10.8. The Kier molecular flexibility index (Phi) is 4.43. The first-order chi connectivity index (χ1) is 19.0. The van der Waals surface area contributed by atoms with Crippen molar-refractivity contribution in [2.24, 2.45) is 0 Å². The van der Waals surface area contributed by atoms with E-state index < -0.39 is 0 Å². The van der Waals surface area contributed by atoms with Crippen LogP contribution in [0.15, 0.2) is 104 Å². The van der Waals surface area contributed by atoms with E-state index >= 15 is 0 Å². The first kappa shape index (κ1) is 22.1. The molecule has 0 amide bonds. The van der Waals surface area contributed by atoms with E-state index in [0.717, 1.165) is 50.0 Å². The van der Waals surface area contributed by atoms with E-state index in [4.69, 9.17) is 9.72 Å². The molecule has 0 bridgehead atoms. The van der Waals surface area contributed by atoms with Crippen LogP contribution in [-0.2, 0) is 5.41 Å². The van der Waals surface area contributed by atoms with Crippen LogP contribution in [0.3, 0.4) is 0 Å². The van der Waals surface area contributed by atoms with Crippen molar-refractivity contribution in [2.45, 2.75) is 26.2 Å². The fourth-order valence-corrected chi connectivity index (χ4v) is 5.88. The standard InChI is InChI=1S/C34H26N4O/c1-34(2,3)21-8-13-31-27(18-21)25-12-10-23(20-29(25)33-36-15-17-38(31)33)39-22-9-11-24-26-6-4-5-7-30(26)37-16-14-35-32(37)28(24)19-22/h4-20H,1-3H3. The lowest BCUT2D eigenvalue weighted by atomic mass is 9.86. The number of pyridine rings is 2. The van der Waals surface area contributed by atoms with Gasteiger partial charge < -0.3 is 4.74 Å². The van der Waals surface area contributed by atoms with Gasteiger partial charge in [0, 0.05) is 46.3 Å². The van der Waals surface area contributed by atoms with Crippen molar-refractivity contribution in [3.63, 3.8) is 0 Å².